The molecule has 0 saturated carbocycles. The first-order valence-corrected chi connectivity index (χ1v) is 12.9. The molecular formula is C39H26N2. The Balaban J connectivity index is 1.60. The van der Waals surface area contributed by atoms with Gasteiger partial charge in [-0.2, -0.15) is 0 Å². The molecule has 0 unspecified atom stereocenters. The molecule has 0 fully saturated rings. The lowest BCUT2D eigenvalue weighted by Crippen LogP contribution is -1.97. The second-order valence-electron chi connectivity index (χ2n) is 9.43. The van der Waals surface area contributed by atoms with Crippen LogP contribution in [0.3, 0.4) is 0 Å². The van der Waals surface area contributed by atoms with Crippen molar-refractivity contribution in [1.82, 2.24) is 9.55 Å². The molecule has 8 rings (SSSR count). The van der Waals surface area contributed by atoms with Crippen LogP contribution in [-0.4, -0.2) is 9.55 Å². The van der Waals surface area contributed by atoms with Gasteiger partial charge < -0.3 is 0 Å². The van der Waals surface area contributed by atoms with Crippen molar-refractivity contribution in [1.29, 1.82) is 0 Å². The Morgan fingerprint density at radius 1 is 0.488 bits per heavy atom. The van der Waals surface area contributed by atoms with Gasteiger partial charge in [0.25, 0.3) is 0 Å². The monoisotopic (exact) mass is 535 g/mol. The van der Waals surface area contributed by atoms with Gasteiger partial charge in [-0.1, -0.05) is 127 Å². The third kappa shape index (κ3) is 3.84. The standard InChI is InChI=1S/C39H26N2/c1-3-14-27(15-4-1)37-31-20-7-9-22-33(31)38(34-23-10-8-21-32(34)37)28-16-13-17-29(26-28)39-40-35-24-11-12-25-36(35)41(39)30-18-5-2-6-19-30/h1-26H/i1D,3D,4D,7D,8D,9D,10D,14D,15D,20D,21D,22D,23D. The van der Waals surface area contributed by atoms with Crippen LogP contribution in [0.25, 0.3) is 71.9 Å². The summed E-state index contributed by atoms with van der Waals surface area (Å²) in [6.45, 7) is 0. The summed E-state index contributed by atoms with van der Waals surface area (Å²) in [6, 6.07) is 15.7. The zero-order valence-corrected chi connectivity index (χ0v) is 21.4. The Hall–Kier alpha value is -5.47. The highest BCUT2D eigenvalue weighted by molar-refractivity contribution is 6.21. The van der Waals surface area contributed by atoms with Gasteiger partial charge in [-0.3, -0.25) is 4.57 Å². The summed E-state index contributed by atoms with van der Waals surface area (Å²) in [5.74, 6) is 0.539. The summed E-state index contributed by atoms with van der Waals surface area (Å²) in [6.07, 6.45) is 0. The van der Waals surface area contributed by atoms with Crippen molar-refractivity contribution in [3.63, 3.8) is 0 Å². The summed E-state index contributed by atoms with van der Waals surface area (Å²) in [5.41, 5.74) is 2.56. The lowest BCUT2D eigenvalue weighted by molar-refractivity contribution is 1.10. The Morgan fingerprint density at radius 2 is 1.05 bits per heavy atom. The fourth-order valence-electron chi connectivity index (χ4n) is 5.41. The highest BCUT2D eigenvalue weighted by atomic mass is 15.1. The first-order valence-electron chi connectivity index (χ1n) is 19.4. The third-order valence-corrected chi connectivity index (χ3v) is 7.11. The van der Waals surface area contributed by atoms with Gasteiger partial charge in [-0.05, 0) is 74.1 Å². The molecule has 1 heterocycles. The number of para-hydroxylation sites is 3. The van der Waals surface area contributed by atoms with Crippen molar-refractivity contribution in [3.8, 4) is 39.3 Å². The molecule has 1 aromatic heterocycles. The zero-order chi connectivity index (χ0) is 38.5. The van der Waals surface area contributed by atoms with Crippen LogP contribution in [0.5, 0.6) is 0 Å². The minimum absolute atomic E-state index is 0.0549. The highest BCUT2D eigenvalue weighted by Crippen LogP contribution is 2.44. The molecule has 0 aliphatic heterocycles. The first kappa shape index (κ1) is 13.7. The van der Waals surface area contributed by atoms with Crippen molar-refractivity contribution in [2.24, 2.45) is 0 Å². The van der Waals surface area contributed by atoms with E-state index in [4.69, 9.17) is 17.3 Å². The van der Waals surface area contributed by atoms with Crippen LogP contribution in [0.1, 0.15) is 17.8 Å². The van der Waals surface area contributed by atoms with Crippen LogP contribution in [0.15, 0.2) is 157 Å². The van der Waals surface area contributed by atoms with Gasteiger partial charge in [0.2, 0.25) is 0 Å². The molecule has 0 saturated heterocycles. The van der Waals surface area contributed by atoms with E-state index in [1.54, 1.807) is 18.2 Å². The summed E-state index contributed by atoms with van der Waals surface area (Å²) in [5, 5.41) is -0.800. The molecule has 7 aromatic carbocycles. The molecular weight excluding hydrogens is 496 g/mol. The number of nitrogens with zero attached hydrogens (tertiary/aromatic N) is 2. The molecule has 0 bridgehead atoms. The predicted octanol–water partition coefficient (Wildman–Crippen LogP) is 10.3. The van der Waals surface area contributed by atoms with Gasteiger partial charge in [0.1, 0.15) is 5.82 Å². The molecule has 2 nitrogen and oxygen atoms in total. The number of fused-ring (bicyclic) bond motifs is 3. The molecule has 0 aliphatic rings. The number of benzene rings is 7. The minimum Gasteiger partial charge on any atom is -0.292 e. The van der Waals surface area contributed by atoms with Crippen LogP contribution >= 0.6 is 0 Å². The average Bonchev–Trinajstić information content (AvgIpc) is 3.58. The fourth-order valence-corrected chi connectivity index (χ4v) is 5.41. The van der Waals surface area contributed by atoms with Crippen molar-refractivity contribution in [3.05, 3.63) is 157 Å². The normalized spacial score (nSPS) is 15.9. The van der Waals surface area contributed by atoms with Crippen LogP contribution in [0.2, 0.25) is 0 Å². The van der Waals surface area contributed by atoms with Gasteiger partial charge >= 0.3 is 0 Å². The van der Waals surface area contributed by atoms with E-state index in [2.05, 4.69) is 0 Å². The number of hydrogen-bond acceptors (Lipinski definition) is 1. The van der Waals surface area contributed by atoms with Gasteiger partial charge in [-0.25, -0.2) is 4.98 Å². The molecule has 0 aliphatic carbocycles. The number of hydrogen-bond donors (Lipinski definition) is 0. The minimum atomic E-state index is -0.716. The largest absolute Gasteiger partial charge is 0.292 e. The summed E-state index contributed by atoms with van der Waals surface area (Å²) in [7, 11) is 0. The Morgan fingerprint density at radius 3 is 1.73 bits per heavy atom. The summed E-state index contributed by atoms with van der Waals surface area (Å²) in [4.78, 5) is 4.96. The molecule has 192 valence electrons. The Labute approximate surface area is 257 Å². The molecule has 41 heavy (non-hydrogen) atoms. The SMILES string of the molecule is [2H]c1c([2H])c([2H])c(-c2c3c([2H])c([2H])c([2H])c([2H])c3c(-c3cccc(-c4nc5ccccc5n4-c4ccccc4)c3)c3c([2H])c([2H])c([2H])c([2H])c23)c([2H])c1[2H]. The predicted molar refractivity (Wildman–Crippen MR) is 172 cm³/mol. The maximum Gasteiger partial charge on any atom is 0.145 e. The molecule has 0 atom stereocenters. The molecule has 0 spiro atoms. The second-order valence-corrected chi connectivity index (χ2v) is 9.43. The number of aromatic nitrogens is 2. The Bertz CT molecular complexity index is 2810. The highest BCUT2D eigenvalue weighted by Gasteiger charge is 2.18. The summed E-state index contributed by atoms with van der Waals surface area (Å²) < 4.78 is 116. The van der Waals surface area contributed by atoms with Crippen molar-refractivity contribution in [2.45, 2.75) is 0 Å². The van der Waals surface area contributed by atoms with Gasteiger partial charge in [-0.15, -0.1) is 0 Å². The summed E-state index contributed by atoms with van der Waals surface area (Å²) >= 11 is 0. The zero-order valence-electron chi connectivity index (χ0n) is 34.4. The quantitative estimate of drug-likeness (QED) is 0.205. The van der Waals surface area contributed by atoms with E-state index in [1.807, 2.05) is 65.2 Å². The van der Waals surface area contributed by atoms with Crippen LogP contribution in [0, 0.1) is 0 Å². The van der Waals surface area contributed by atoms with Crippen molar-refractivity contribution >= 4 is 32.6 Å². The fraction of sp³-hybridized carbons (Fsp3) is 0. The smallest absolute Gasteiger partial charge is 0.145 e. The van der Waals surface area contributed by atoms with Crippen molar-refractivity contribution < 1.29 is 17.8 Å². The second kappa shape index (κ2) is 9.62. The van der Waals surface area contributed by atoms with E-state index >= 15 is 0 Å². The van der Waals surface area contributed by atoms with Gasteiger partial charge in [0.15, 0.2) is 0 Å². The molecule has 0 amide bonds. The van der Waals surface area contributed by atoms with E-state index in [9.17, 15) is 5.48 Å². The number of rotatable bonds is 4. The van der Waals surface area contributed by atoms with Gasteiger partial charge in [0, 0.05) is 11.3 Å². The van der Waals surface area contributed by atoms with Crippen LogP contribution < -0.4 is 0 Å². The van der Waals surface area contributed by atoms with Crippen molar-refractivity contribution in [2.75, 3.05) is 0 Å². The van der Waals surface area contributed by atoms with Crippen LogP contribution in [-0.2, 0) is 0 Å². The molecule has 2 heteroatoms. The Kier molecular flexibility index (Phi) is 3.22. The van der Waals surface area contributed by atoms with E-state index < -0.39 is 84.1 Å². The maximum atomic E-state index is 9.24. The molecule has 8 aromatic rings. The molecule has 0 radical (unpaired) electrons. The lowest BCUT2D eigenvalue weighted by atomic mass is 9.86. The van der Waals surface area contributed by atoms with Crippen LogP contribution in [0.4, 0.5) is 0 Å². The lowest BCUT2D eigenvalue weighted by Gasteiger charge is -2.18. The van der Waals surface area contributed by atoms with Gasteiger partial charge in [0.05, 0.1) is 28.9 Å². The number of imidazole rings is 1. The van der Waals surface area contributed by atoms with E-state index in [0.717, 1.165) is 11.2 Å². The van der Waals surface area contributed by atoms with E-state index in [1.165, 1.54) is 0 Å². The van der Waals surface area contributed by atoms with E-state index in [0.29, 0.717) is 22.5 Å². The first-order chi connectivity index (χ1) is 25.8. The average molecular weight is 536 g/mol. The molecule has 0 N–H and O–H groups in total. The third-order valence-electron chi connectivity index (χ3n) is 7.11. The van der Waals surface area contributed by atoms with E-state index in [-0.39, 0.29) is 32.7 Å². The maximum absolute atomic E-state index is 9.24. The topological polar surface area (TPSA) is 17.8 Å².